The van der Waals surface area contributed by atoms with Crippen LogP contribution >= 0.6 is 0 Å². The van der Waals surface area contributed by atoms with E-state index in [4.69, 9.17) is 0 Å². The van der Waals surface area contributed by atoms with Crippen molar-refractivity contribution < 1.29 is 20.1 Å². The van der Waals surface area contributed by atoms with Gasteiger partial charge in [-0.25, -0.2) is 28.3 Å². The van der Waals surface area contributed by atoms with Gasteiger partial charge in [0.25, 0.3) is 0 Å². The molecule has 3 aliphatic rings. The van der Waals surface area contributed by atoms with Crippen LogP contribution in [-0.4, -0.2) is 54.8 Å². The van der Waals surface area contributed by atoms with Gasteiger partial charge in [0.15, 0.2) is 0 Å². The van der Waals surface area contributed by atoms with Crippen molar-refractivity contribution in [2.24, 2.45) is 0 Å². The fraction of sp³-hybridized carbons (Fsp3) is 0.229. The molecule has 3 heterocycles. The van der Waals surface area contributed by atoms with E-state index in [0.29, 0.717) is 0 Å². The first kappa shape index (κ1) is 31.3. The Balaban J connectivity index is 0.000000193. The summed E-state index contributed by atoms with van der Waals surface area (Å²) in [4.78, 5) is 13.0. The molecule has 3 aliphatic heterocycles. The Morgan fingerprint density at radius 2 is 0.881 bits per heavy atom. The molecule has 6 nitrogen and oxygen atoms in total. The molecule has 0 amide bonds. The molecule has 0 saturated heterocycles. The van der Waals surface area contributed by atoms with Crippen LogP contribution in [0.3, 0.4) is 0 Å². The molecule has 0 spiro atoms. The summed E-state index contributed by atoms with van der Waals surface area (Å²) in [6.07, 6.45) is 12.6. The summed E-state index contributed by atoms with van der Waals surface area (Å²) in [5.74, 6) is 0. The van der Waals surface area contributed by atoms with Gasteiger partial charge in [0.1, 0.15) is 0 Å². The van der Waals surface area contributed by atoms with Gasteiger partial charge in [0.2, 0.25) is 0 Å². The van der Waals surface area contributed by atoms with Crippen LogP contribution < -0.4 is 0 Å². The van der Waals surface area contributed by atoms with E-state index in [1.165, 1.54) is 0 Å². The van der Waals surface area contributed by atoms with E-state index in [9.17, 15) is 0 Å². The summed E-state index contributed by atoms with van der Waals surface area (Å²) in [5.41, 5.74) is 3.90. The zero-order valence-electron chi connectivity index (χ0n) is 25.1. The second kappa shape index (κ2) is 13.1. The van der Waals surface area contributed by atoms with Crippen LogP contribution in [0.5, 0.6) is 0 Å². The zero-order valence-corrected chi connectivity index (χ0v) is 27.5. The maximum Gasteiger partial charge on any atom is 0.0539 e. The first-order chi connectivity index (χ1) is 19.6. The first-order valence-corrected chi connectivity index (χ1v) is 13.8. The molecule has 0 N–H and O–H groups in total. The van der Waals surface area contributed by atoms with E-state index in [0.717, 1.165) is 22.3 Å². The van der Waals surface area contributed by atoms with Crippen molar-refractivity contribution in [3.63, 3.8) is 0 Å². The molecule has 3 aromatic carbocycles. The minimum absolute atomic E-state index is 0. The maximum atomic E-state index is 3.41. The molecule has 1 radical (unpaired) electrons. The Kier molecular flexibility index (Phi) is 9.75. The van der Waals surface area contributed by atoms with E-state index < -0.39 is 0 Å². The zero-order chi connectivity index (χ0) is 29.0. The Bertz CT molecular complexity index is 1280. The molecule has 0 atom stereocenters. The number of hydrogen-bond donors (Lipinski definition) is 0. The molecule has 42 heavy (non-hydrogen) atoms. The first-order valence-electron chi connectivity index (χ1n) is 13.8. The number of rotatable bonds is 6. The van der Waals surface area contributed by atoms with Gasteiger partial charge in [-0.05, 0) is 79.0 Å². The monoisotopic (exact) mass is 735 g/mol. The minimum atomic E-state index is -0.177. The second-order valence-electron chi connectivity index (χ2n) is 11.2. The van der Waals surface area contributed by atoms with Gasteiger partial charge >= 0.3 is 0 Å². The fourth-order valence-corrected chi connectivity index (χ4v) is 4.72. The van der Waals surface area contributed by atoms with Crippen molar-refractivity contribution in [2.45, 2.75) is 39.0 Å². The average Bonchev–Trinajstić information content (AvgIpc) is 3.77. The minimum Gasteiger partial charge on any atom is -0.511 e. The van der Waals surface area contributed by atoms with E-state index in [-0.39, 0.29) is 31.4 Å². The smallest absolute Gasteiger partial charge is 0.0539 e. The molecule has 0 aliphatic carbocycles. The van der Waals surface area contributed by atoms with Crippen LogP contribution in [0.25, 0.3) is 22.3 Å². The van der Waals surface area contributed by atoms with E-state index in [2.05, 4.69) is 145 Å². The molecule has 0 unspecified atom stereocenters. The molecule has 223 valence electrons. The summed E-state index contributed by atoms with van der Waals surface area (Å²) in [6, 6.07) is 31.9. The van der Waals surface area contributed by atoms with E-state index >= 15 is 0 Å². The van der Waals surface area contributed by atoms with Crippen molar-refractivity contribution in [2.75, 3.05) is 14.1 Å². The van der Waals surface area contributed by atoms with Crippen molar-refractivity contribution in [1.29, 1.82) is 0 Å². The summed E-state index contributed by atoms with van der Waals surface area (Å²) in [5, 5.41) is 0. The summed E-state index contributed by atoms with van der Waals surface area (Å²) < 4.78 is 0. The van der Waals surface area contributed by atoms with Gasteiger partial charge in [0.05, 0.1) is 11.3 Å². The molecule has 0 bridgehead atoms. The van der Waals surface area contributed by atoms with Crippen LogP contribution in [-0.2, 0) is 20.1 Å². The predicted molar refractivity (Wildman–Crippen MR) is 165 cm³/mol. The van der Waals surface area contributed by atoms with Crippen molar-refractivity contribution in [3.05, 3.63) is 142 Å². The van der Waals surface area contributed by atoms with Crippen LogP contribution in [0.15, 0.2) is 104 Å². The molecule has 0 aromatic heterocycles. The molecule has 3 aromatic rings. The summed E-state index contributed by atoms with van der Waals surface area (Å²) in [7, 11) is 4.08. The third-order valence-corrected chi connectivity index (χ3v) is 7.50. The molecular weight excluding hydrogens is 697 g/mol. The van der Waals surface area contributed by atoms with E-state index in [1.807, 2.05) is 68.7 Å². The van der Waals surface area contributed by atoms with Gasteiger partial charge in [-0.15, -0.1) is 18.2 Å². The van der Waals surface area contributed by atoms with Gasteiger partial charge in [-0.3, -0.25) is 0 Å². The number of nitrogens with zero attached hydrogens (tertiary/aromatic N) is 6. The van der Waals surface area contributed by atoms with E-state index in [1.54, 1.807) is 0 Å². The summed E-state index contributed by atoms with van der Waals surface area (Å²) in [6.45, 7) is 15.2. The Morgan fingerprint density at radius 3 is 1.24 bits per heavy atom. The molecule has 0 saturated carbocycles. The molecule has 0 fully saturated rings. The standard InChI is InChI=1S/C18H11.C17H27N6.Ir/c1-3-8-15(9-4-1)17-12-7-13-18(14-17)16-10-5-2-6-11-16;1-16(2,20-9-7-18(5)13-20)22-11-12-23(15-22)17(3,4)21-10-8-19(6)14-21;/h1-8,10,12-13H;7-15H,1-6H3;/q2*-3;. The van der Waals surface area contributed by atoms with Crippen LogP contribution in [0, 0.1) is 38.2 Å². The van der Waals surface area contributed by atoms with Gasteiger partial charge < -0.3 is 29.4 Å². The van der Waals surface area contributed by atoms with Crippen molar-refractivity contribution >= 4 is 0 Å². The van der Waals surface area contributed by atoms with Gasteiger partial charge in [-0.1, -0.05) is 0 Å². The quantitative estimate of drug-likeness (QED) is 0.259. The predicted octanol–water partition coefficient (Wildman–Crippen LogP) is 6.76. The normalized spacial score (nSPS) is 16.2. The third kappa shape index (κ3) is 6.86. The largest absolute Gasteiger partial charge is 0.511 e. The SMILES string of the molecule is CN1C=CN(C(C)(C)N2C=CN(C(C)(C)N3C=CN(C)[CH-]3)[CH-]2)[CH-]1.[Ir].[c-]1ccccc1-c1[c-]c(-c2[c-]cccc2)ccc1. The van der Waals surface area contributed by atoms with Crippen LogP contribution in [0.2, 0.25) is 0 Å². The number of hydrogen-bond acceptors (Lipinski definition) is 6. The van der Waals surface area contributed by atoms with Crippen molar-refractivity contribution in [3.8, 4) is 22.3 Å². The number of benzene rings is 3. The fourth-order valence-electron chi connectivity index (χ4n) is 4.72. The van der Waals surface area contributed by atoms with Crippen LogP contribution in [0.1, 0.15) is 27.7 Å². The van der Waals surface area contributed by atoms with Gasteiger partial charge in [-0.2, -0.15) is 80.7 Å². The average molecular weight is 735 g/mol. The Labute approximate surface area is 266 Å². The summed E-state index contributed by atoms with van der Waals surface area (Å²) >= 11 is 0. The topological polar surface area (TPSA) is 19.4 Å². The molecular formula is C35H38IrN6-6. The molecule has 6 rings (SSSR count). The molecule has 7 heteroatoms. The van der Waals surface area contributed by atoms with Gasteiger partial charge in [0, 0.05) is 20.1 Å². The maximum absolute atomic E-state index is 3.41. The Morgan fingerprint density at radius 1 is 0.500 bits per heavy atom. The van der Waals surface area contributed by atoms with Crippen LogP contribution in [0.4, 0.5) is 0 Å². The second-order valence-corrected chi connectivity index (χ2v) is 11.2. The third-order valence-electron chi connectivity index (χ3n) is 7.50. The van der Waals surface area contributed by atoms with Crippen molar-refractivity contribution in [1.82, 2.24) is 29.4 Å². The Hall–Kier alpha value is -3.67.